The number of benzene rings is 2. The van der Waals surface area contributed by atoms with Gasteiger partial charge in [0, 0.05) is 11.4 Å². The third kappa shape index (κ3) is 15.3. The molecule has 2 aromatic carbocycles. The first kappa shape index (κ1) is 38.9. The molecule has 2 aromatic rings. The van der Waals surface area contributed by atoms with Gasteiger partial charge < -0.3 is 53.2 Å². The molecule has 0 aliphatic carbocycles. The molecule has 2 N–H and O–H groups in total. The van der Waals surface area contributed by atoms with Crippen molar-refractivity contribution in [2.24, 2.45) is 0 Å². The van der Waals surface area contributed by atoms with E-state index in [1.54, 1.807) is 0 Å². The van der Waals surface area contributed by atoms with Gasteiger partial charge in [-0.15, -0.1) is 0 Å². The van der Waals surface area contributed by atoms with Gasteiger partial charge in [0.1, 0.15) is 26.3 Å². The molecule has 0 spiro atoms. The summed E-state index contributed by atoms with van der Waals surface area (Å²) in [6.45, 7) is -3.06. The van der Waals surface area contributed by atoms with Gasteiger partial charge in [0.2, 0.25) is 0 Å². The van der Waals surface area contributed by atoms with Crippen LogP contribution in [0.25, 0.3) is 0 Å². The minimum absolute atomic E-state index is 0.0264. The maximum atomic E-state index is 12.2. The molecule has 0 amide bonds. The third-order valence-electron chi connectivity index (χ3n) is 5.81. The minimum Gasteiger partial charge on any atom is -0.480 e. The molecule has 0 heterocycles. The molecule has 49 heavy (non-hydrogen) atoms. The number of carboxylic acids is 2. The second-order valence-electron chi connectivity index (χ2n) is 9.27. The molecule has 264 valence electrons. The number of nitrogens with zero attached hydrogens (tertiary/aromatic N) is 2. The van der Waals surface area contributed by atoms with E-state index in [2.05, 4.69) is 9.47 Å². The normalized spacial score (nSPS) is 10.1. The second kappa shape index (κ2) is 21.5. The summed E-state index contributed by atoms with van der Waals surface area (Å²) in [5.41, 5.74) is 0.837. The van der Waals surface area contributed by atoms with Crippen molar-refractivity contribution >= 4 is 60.1 Å². The fourth-order valence-electron chi connectivity index (χ4n) is 3.64. The summed E-state index contributed by atoms with van der Waals surface area (Å²) in [4.78, 5) is 93.4. The molecule has 0 aliphatic heterocycles. The lowest BCUT2D eigenvalue weighted by Gasteiger charge is -2.22. The topological polar surface area (TPSA) is 248 Å². The van der Waals surface area contributed by atoms with Gasteiger partial charge in [-0.05, 0) is 48.5 Å². The van der Waals surface area contributed by atoms with E-state index in [1.165, 1.54) is 53.4 Å². The van der Waals surface area contributed by atoms with Crippen LogP contribution in [-0.2, 0) is 61.9 Å². The summed E-state index contributed by atoms with van der Waals surface area (Å²) in [5, 5.41) is 17.9. The van der Waals surface area contributed by atoms with Crippen LogP contribution in [0.4, 0.5) is 11.4 Å². The molecule has 19 nitrogen and oxygen atoms in total. The van der Waals surface area contributed by atoms with Crippen LogP contribution < -0.4 is 9.80 Å². The fourth-order valence-corrected chi connectivity index (χ4v) is 3.64. The van der Waals surface area contributed by atoms with Gasteiger partial charge >= 0.3 is 35.8 Å². The quantitative estimate of drug-likeness (QED) is 0.0477. The van der Waals surface area contributed by atoms with Gasteiger partial charge in [0.05, 0.1) is 24.3 Å². The lowest BCUT2D eigenvalue weighted by Crippen LogP contribution is -2.34. The predicted octanol–water partition coefficient (Wildman–Crippen LogP) is -0.154. The van der Waals surface area contributed by atoms with Gasteiger partial charge in [-0.3, -0.25) is 19.2 Å². The number of esters is 4. The van der Waals surface area contributed by atoms with Crippen LogP contribution in [0.15, 0.2) is 48.5 Å². The average Bonchev–Trinajstić information content (AvgIpc) is 3.08. The van der Waals surface area contributed by atoms with Gasteiger partial charge in [-0.25, -0.2) is 19.2 Å². The number of hydrogen-bond acceptors (Lipinski definition) is 17. The smallest absolute Gasteiger partial charge is 0.344 e. The van der Waals surface area contributed by atoms with E-state index < -0.39 is 62.1 Å². The highest BCUT2D eigenvalue weighted by Crippen LogP contribution is 2.17. The van der Waals surface area contributed by atoms with E-state index >= 15 is 0 Å². The van der Waals surface area contributed by atoms with Crippen molar-refractivity contribution < 1.29 is 81.7 Å². The Bertz CT molecular complexity index is 1400. The maximum Gasteiger partial charge on any atom is 0.344 e. The molecule has 19 heteroatoms. The van der Waals surface area contributed by atoms with Crippen molar-refractivity contribution in [3.05, 3.63) is 59.7 Å². The number of rotatable bonds is 24. The van der Waals surface area contributed by atoms with E-state index in [0.717, 1.165) is 4.90 Å². The Balaban J connectivity index is 1.60. The second-order valence-corrected chi connectivity index (χ2v) is 9.27. The number of carbonyl (C=O) groups excluding carboxylic acids is 6. The number of anilines is 2. The Labute approximate surface area is 277 Å². The molecule has 0 saturated carbocycles. The summed E-state index contributed by atoms with van der Waals surface area (Å²) in [6, 6.07) is 11.0. The predicted molar refractivity (Wildman–Crippen MR) is 160 cm³/mol. The highest BCUT2D eigenvalue weighted by atomic mass is 16.6. The zero-order chi connectivity index (χ0) is 36.0. The Kier molecular flexibility index (Phi) is 17.1. The molecule has 0 fully saturated rings. The van der Waals surface area contributed by atoms with Crippen molar-refractivity contribution in [2.45, 2.75) is 0 Å². The van der Waals surface area contributed by atoms with Gasteiger partial charge in [0.15, 0.2) is 26.7 Å². The minimum atomic E-state index is -1.24. The number of aliphatic carboxylic acids is 2. The van der Waals surface area contributed by atoms with Crippen molar-refractivity contribution in [1.82, 2.24) is 0 Å². The summed E-state index contributed by atoms with van der Waals surface area (Å²) >= 11 is 0. The lowest BCUT2D eigenvalue weighted by molar-refractivity contribution is -0.150. The highest BCUT2D eigenvalue weighted by Gasteiger charge is 2.17. The molecule has 0 saturated heterocycles. The van der Waals surface area contributed by atoms with Crippen LogP contribution in [-0.4, -0.2) is 125 Å². The molecule has 0 atom stereocenters. The van der Waals surface area contributed by atoms with E-state index in [4.69, 9.17) is 33.9 Å². The van der Waals surface area contributed by atoms with Crippen LogP contribution in [0, 0.1) is 0 Å². The van der Waals surface area contributed by atoms with Crippen LogP contribution in [0.5, 0.6) is 0 Å². The molecular formula is C30H32N2O17. The van der Waals surface area contributed by atoms with E-state index in [9.17, 15) is 38.4 Å². The molecule has 0 aromatic heterocycles. The van der Waals surface area contributed by atoms with Crippen LogP contribution in [0.3, 0.4) is 0 Å². The first-order valence-electron chi connectivity index (χ1n) is 14.0. The summed E-state index contributed by atoms with van der Waals surface area (Å²) in [7, 11) is 0. The van der Waals surface area contributed by atoms with Gasteiger partial charge in [-0.2, -0.15) is 0 Å². The first-order chi connectivity index (χ1) is 23.5. The summed E-state index contributed by atoms with van der Waals surface area (Å²) < 4.78 is 34.0. The summed E-state index contributed by atoms with van der Waals surface area (Å²) in [6.07, 6.45) is 0. The Morgan fingerprint density at radius 2 is 0.939 bits per heavy atom. The SMILES string of the molecule is O=COCN(COC=O)c1ccc(C(=O)OCC(=O)OCCOCCOC(=O)COC(=O)c2ccc(N(CC(=O)O)CC(=O)O)cc2)cc1. The maximum absolute atomic E-state index is 12.2. The van der Waals surface area contributed by atoms with Crippen LogP contribution >= 0.6 is 0 Å². The van der Waals surface area contributed by atoms with Gasteiger partial charge in [-0.1, -0.05) is 0 Å². The standard InChI is InChI=1S/C30H32N2O17/c33-19-44-17-32(18-45-20-34)24-7-3-22(4-8-24)30(42)49-16-28(40)47-12-10-43-9-11-46-27(39)15-48-29(41)21-1-5-23(6-2-21)31(13-25(35)36)14-26(37)38/h1-8,19-20H,9-18H2,(H,35,36)(H,37,38). The van der Waals surface area contributed by atoms with Crippen molar-refractivity contribution in [1.29, 1.82) is 0 Å². The number of ether oxygens (including phenoxy) is 7. The monoisotopic (exact) mass is 692 g/mol. The molecule has 2 rings (SSSR count). The van der Waals surface area contributed by atoms with E-state index in [-0.39, 0.29) is 69.6 Å². The zero-order valence-corrected chi connectivity index (χ0v) is 25.8. The van der Waals surface area contributed by atoms with E-state index in [1.807, 2.05) is 0 Å². The zero-order valence-electron chi connectivity index (χ0n) is 25.8. The van der Waals surface area contributed by atoms with Crippen molar-refractivity contribution in [3.63, 3.8) is 0 Å². The molecular weight excluding hydrogens is 660 g/mol. The summed E-state index contributed by atoms with van der Waals surface area (Å²) in [5.74, 6) is -5.90. The fraction of sp³-hybridized carbons (Fsp3) is 0.333. The number of carboxylic acid groups (broad SMARTS) is 2. The Morgan fingerprint density at radius 1 is 0.551 bits per heavy atom. The number of carbonyl (C=O) groups is 8. The van der Waals surface area contributed by atoms with Crippen LogP contribution in [0.2, 0.25) is 0 Å². The largest absolute Gasteiger partial charge is 0.480 e. The molecule has 0 bridgehead atoms. The molecule has 0 unspecified atom stereocenters. The van der Waals surface area contributed by atoms with E-state index in [0.29, 0.717) is 5.69 Å². The lowest BCUT2D eigenvalue weighted by atomic mass is 10.2. The van der Waals surface area contributed by atoms with Crippen LogP contribution in [0.1, 0.15) is 20.7 Å². The molecule has 0 radical (unpaired) electrons. The average molecular weight is 693 g/mol. The number of hydrogen-bond donors (Lipinski definition) is 2. The Morgan fingerprint density at radius 3 is 1.31 bits per heavy atom. The van der Waals surface area contributed by atoms with Crippen molar-refractivity contribution in [2.75, 3.05) is 76.0 Å². The third-order valence-corrected chi connectivity index (χ3v) is 5.81. The first-order valence-corrected chi connectivity index (χ1v) is 14.0. The Hall–Kier alpha value is -6.24. The highest BCUT2D eigenvalue weighted by molar-refractivity contribution is 5.92. The van der Waals surface area contributed by atoms with Crippen molar-refractivity contribution in [3.8, 4) is 0 Å². The molecule has 0 aliphatic rings. The van der Waals surface area contributed by atoms with Gasteiger partial charge in [0.25, 0.3) is 12.9 Å².